The second-order valence-corrected chi connectivity index (χ2v) is 13.6. The summed E-state index contributed by atoms with van der Waals surface area (Å²) < 4.78 is 5.74. The van der Waals surface area contributed by atoms with Gasteiger partial charge >= 0.3 is 5.97 Å². The standard InChI is InChI=1S/C32H48O6/c1-19(2)10-11-26(36)32(9,37)17-12-22(34)20(3)28-23(35)18-25-30(7)16-14-27(38-21(4)33)29(5,6)24(30)13-15-31(25,28)8/h10,12,17,24-27,36-37H,11,13-16,18H2,1-9H3/b17-12+,28-20+/t24-,25-,26-,27-,30-,31-,32+/m0/s1. The molecule has 0 aromatic carbocycles. The summed E-state index contributed by atoms with van der Waals surface area (Å²) in [6.45, 7) is 17.3. The van der Waals surface area contributed by atoms with Gasteiger partial charge in [-0.2, -0.15) is 0 Å². The first-order chi connectivity index (χ1) is 17.4. The Kier molecular flexibility index (Phi) is 8.42. The van der Waals surface area contributed by atoms with Gasteiger partial charge in [0, 0.05) is 35.3 Å². The van der Waals surface area contributed by atoms with Gasteiger partial charge in [0.15, 0.2) is 11.6 Å². The van der Waals surface area contributed by atoms with Gasteiger partial charge in [-0.1, -0.05) is 39.3 Å². The molecule has 0 aliphatic heterocycles. The highest BCUT2D eigenvalue weighted by Crippen LogP contribution is 2.69. The molecule has 0 unspecified atom stereocenters. The van der Waals surface area contributed by atoms with Crippen LogP contribution in [0.3, 0.4) is 0 Å². The van der Waals surface area contributed by atoms with Gasteiger partial charge in [0.25, 0.3) is 0 Å². The first kappa shape index (κ1) is 30.5. The van der Waals surface area contributed by atoms with E-state index < -0.39 is 17.1 Å². The molecule has 3 aliphatic carbocycles. The van der Waals surface area contributed by atoms with Crippen LogP contribution in [0.2, 0.25) is 0 Å². The number of fused-ring (bicyclic) bond motifs is 3. The van der Waals surface area contributed by atoms with Crippen molar-refractivity contribution in [2.75, 3.05) is 0 Å². The highest BCUT2D eigenvalue weighted by molar-refractivity contribution is 6.12. The fourth-order valence-electron chi connectivity index (χ4n) is 8.13. The Balaban J connectivity index is 1.90. The Morgan fingerprint density at radius 1 is 1.08 bits per heavy atom. The third-order valence-electron chi connectivity index (χ3n) is 10.3. The molecule has 6 nitrogen and oxygen atoms in total. The maximum absolute atomic E-state index is 13.5. The van der Waals surface area contributed by atoms with E-state index in [9.17, 15) is 24.6 Å². The van der Waals surface area contributed by atoms with Crippen LogP contribution >= 0.6 is 0 Å². The number of ketones is 2. The number of Topliss-reactive ketones (excluding diaryl/α,β-unsaturated/α-hetero) is 1. The number of aliphatic hydroxyl groups is 2. The van der Waals surface area contributed by atoms with Gasteiger partial charge in [0.2, 0.25) is 0 Å². The van der Waals surface area contributed by atoms with Crippen molar-refractivity contribution in [1.29, 1.82) is 0 Å². The summed E-state index contributed by atoms with van der Waals surface area (Å²) >= 11 is 0. The molecule has 212 valence electrons. The molecule has 2 N–H and O–H groups in total. The third kappa shape index (κ3) is 5.36. The van der Waals surface area contributed by atoms with E-state index in [1.807, 2.05) is 19.9 Å². The van der Waals surface area contributed by atoms with E-state index in [0.29, 0.717) is 23.5 Å². The normalized spacial score (nSPS) is 36.1. The fourth-order valence-corrected chi connectivity index (χ4v) is 8.13. The van der Waals surface area contributed by atoms with Crippen molar-refractivity contribution >= 4 is 17.5 Å². The summed E-state index contributed by atoms with van der Waals surface area (Å²) in [4.78, 5) is 38.6. The highest BCUT2D eigenvalue weighted by Gasteiger charge is 2.65. The molecule has 0 bridgehead atoms. The van der Waals surface area contributed by atoms with Crippen molar-refractivity contribution in [2.24, 2.45) is 28.1 Å². The summed E-state index contributed by atoms with van der Waals surface area (Å²) in [5.41, 5.74) is -0.206. The van der Waals surface area contributed by atoms with Crippen LogP contribution in [0.4, 0.5) is 0 Å². The summed E-state index contributed by atoms with van der Waals surface area (Å²) in [6.07, 6.45) is 7.34. The molecule has 7 atom stereocenters. The molecule has 3 rings (SSSR count). The molecular weight excluding hydrogens is 480 g/mol. The van der Waals surface area contributed by atoms with Crippen LogP contribution in [0.15, 0.2) is 34.9 Å². The van der Waals surface area contributed by atoms with Gasteiger partial charge < -0.3 is 14.9 Å². The smallest absolute Gasteiger partial charge is 0.302 e. The van der Waals surface area contributed by atoms with E-state index in [0.717, 1.165) is 31.3 Å². The van der Waals surface area contributed by atoms with E-state index in [4.69, 9.17) is 4.74 Å². The first-order valence-electron chi connectivity index (χ1n) is 14.1. The number of hydrogen-bond acceptors (Lipinski definition) is 6. The second-order valence-electron chi connectivity index (χ2n) is 13.6. The molecule has 0 amide bonds. The summed E-state index contributed by atoms with van der Waals surface area (Å²) in [5, 5.41) is 21.2. The first-order valence-corrected chi connectivity index (χ1v) is 14.1. The van der Waals surface area contributed by atoms with Crippen LogP contribution in [-0.4, -0.2) is 45.6 Å². The monoisotopic (exact) mass is 528 g/mol. The molecule has 0 aromatic rings. The molecule has 0 heterocycles. The summed E-state index contributed by atoms with van der Waals surface area (Å²) in [7, 11) is 0. The highest BCUT2D eigenvalue weighted by atomic mass is 16.5. The van der Waals surface area contributed by atoms with Gasteiger partial charge in [-0.25, -0.2) is 0 Å². The maximum atomic E-state index is 13.5. The molecule has 3 saturated carbocycles. The number of carbonyl (C=O) groups is 3. The van der Waals surface area contributed by atoms with Crippen LogP contribution in [0, 0.1) is 28.1 Å². The lowest BCUT2D eigenvalue weighted by atomic mass is 9.43. The minimum atomic E-state index is -1.57. The van der Waals surface area contributed by atoms with E-state index in [-0.39, 0.29) is 46.8 Å². The zero-order valence-corrected chi connectivity index (χ0v) is 24.8. The van der Waals surface area contributed by atoms with Crippen molar-refractivity contribution in [3.63, 3.8) is 0 Å². The average molecular weight is 529 g/mol. The van der Waals surface area contributed by atoms with Crippen LogP contribution in [0.5, 0.6) is 0 Å². The molecule has 0 spiro atoms. The third-order valence-corrected chi connectivity index (χ3v) is 10.3. The van der Waals surface area contributed by atoms with Crippen LogP contribution < -0.4 is 0 Å². The number of aliphatic hydroxyl groups excluding tert-OH is 1. The minimum absolute atomic E-state index is 0.0360. The Bertz CT molecular complexity index is 1070. The lowest BCUT2D eigenvalue weighted by Crippen LogP contribution is -2.58. The maximum Gasteiger partial charge on any atom is 0.302 e. The molecule has 3 fully saturated rings. The molecule has 3 aliphatic rings. The van der Waals surface area contributed by atoms with Gasteiger partial charge in [-0.15, -0.1) is 0 Å². The number of rotatable bonds is 7. The van der Waals surface area contributed by atoms with E-state index in [2.05, 4.69) is 27.7 Å². The van der Waals surface area contributed by atoms with Gasteiger partial charge in [-0.3, -0.25) is 14.4 Å². The molecular formula is C32H48O6. The van der Waals surface area contributed by atoms with Gasteiger partial charge in [0.05, 0.1) is 6.10 Å². The zero-order chi connectivity index (χ0) is 28.8. The van der Waals surface area contributed by atoms with Crippen LogP contribution in [0.25, 0.3) is 0 Å². The number of esters is 1. The molecule has 0 aromatic heterocycles. The Labute approximate surface area is 228 Å². The van der Waals surface area contributed by atoms with Crippen molar-refractivity contribution < 1.29 is 29.3 Å². The number of ether oxygens (including phenoxy) is 1. The largest absolute Gasteiger partial charge is 0.462 e. The Hall–Kier alpha value is -2.05. The predicted molar refractivity (Wildman–Crippen MR) is 148 cm³/mol. The summed E-state index contributed by atoms with van der Waals surface area (Å²) in [5.74, 6) is -0.120. The molecule has 38 heavy (non-hydrogen) atoms. The fraction of sp³-hybridized carbons (Fsp3) is 0.719. The zero-order valence-electron chi connectivity index (χ0n) is 24.8. The van der Waals surface area contributed by atoms with Crippen LogP contribution in [-0.2, 0) is 19.1 Å². The van der Waals surface area contributed by atoms with E-state index >= 15 is 0 Å². The van der Waals surface area contributed by atoms with Crippen molar-refractivity contribution in [2.45, 2.75) is 119 Å². The number of hydrogen-bond donors (Lipinski definition) is 2. The molecule has 6 heteroatoms. The second kappa shape index (κ2) is 10.5. The Morgan fingerprint density at radius 2 is 1.71 bits per heavy atom. The van der Waals surface area contributed by atoms with Gasteiger partial charge in [-0.05, 0) is 89.2 Å². The Morgan fingerprint density at radius 3 is 2.29 bits per heavy atom. The molecule has 0 radical (unpaired) electrons. The lowest BCUT2D eigenvalue weighted by Gasteiger charge is -2.62. The van der Waals surface area contributed by atoms with Crippen molar-refractivity contribution in [3.05, 3.63) is 34.9 Å². The minimum Gasteiger partial charge on any atom is -0.462 e. The van der Waals surface area contributed by atoms with E-state index in [1.54, 1.807) is 6.92 Å². The topological polar surface area (TPSA) is 101 Å². The van der Waals surface area contributed by atoms with Crippen LogP contribution in [0.1, 0.15) is 101 Å². The SMILES string of the molecule is CC(=O)O[C@H]1CC[C@@]2(C)[C@@H](CC[C@]3(C)/C(=C(\C)C(=O)/C=C/[C@@](C)(O)[C@@H](O)CC=C(C)C)C(=O)C[C@@H]23)C1(C)C. The summed E-state index contributed by atoms with van der Waals surface area (Å²) in [6, 6.07) is 0. The number of carbonyl (C=O) groups excluding carboxylic acids is 3. The van der Waals surface area contributed by atoms with Crippen molar-refractivity contribution in [3.8, 4) is 0 Å². The van der Waals surface area contributed by atoms with Crippen molar-refractivity contribution in [1.82, 2.24) is 0 Å². The quantitative estimate of drug-likeness (QED) is 0.251. The predicted octanol–water partition coefficient (Wildman–Crippen LogP) is 5.66. The molecule has 0 saturated heterocycles. The lowest BCUT2D eigenvalue weighted by molar-refractivity contribution is -0.185. The average Bonchev–Trinajstić information content (AvgIpc) is 3.08. The number of allylic oxidation sites excluding steroid dienone is 4. The van der Waals surface area contributed by atoms with Gasteiger partial charge in [0.1, 0.15) is 11.7 Å². The van der Waals surface area contributed by atoms with E-state index in [1.165, 1.54) is 26.0 Å².